The van der Waals surface area contributed by atoms with Gasteiger partial charge in [-0.3, -0.25) is 4.79 Å². The van der Waals surface area contributed by atoms with Gasteiger partial charge in [0.1, 0.15) is 11.0 Å². The topological polar surface area (TPSA) is 107 Å². The number of aryl methyl sites for hydroxylation is 1. The fourth-order valence-electron chi connectivity index (χ4n) is 5.66. The number of fused-ring (bicyclic) bond motifs is 1. The second-order valence-electron chi connectivity index (χ2n) is 11.7. The van der Waals surface area contributed by atoms with Crippen LogP contribution in [0.1, 0.15) is 59.7 Å². The Morgan fingerprint density at radius 2 is 1.83 bits per heavy atom. The largest absolute Gasteiger partial charge is 0.474 e. The predicted molar refractivity (Wildman–Crippen MR) is 148 cm³/mol. The molecule has 0 spiro atoms. The van der Waals surface area contributed by atoms with Gasteiger partial charge in [0.15, 0.2) is 10.8 Å². The van der Waals surface area contributed by atoms with Gasteiger partial charge in [0, 0.05) is 48.9 Å². The highest BCUT2D eigenvalue weighted by molar-refractivity contribution is 7.17. The smallest absolute Gasteiger partial charge is 0.392 e. The van der Waals surface area contributed by atoms with Crippen molar-refractivity contribution in [3.8, 4) is 16.7 Å². The molecule has 12 heteroatoms. The lowest BCUT2D eigenvalue weighted by atomic mass is 9.86. The number of amides is 1. The average molecular weight is 585 g/mol. The van der Waals surface area contributed by atoms with E-state index in [4.69, 9.17) is 10.5 Å². The van der Waals surface area contributed by atoms with Crippen molar-refractivity contribution in [3.63, 3.8) is 0 Å². The molecule has 3 aromatic heterocycles. The van der Waals surface area contributed by atoms with Gasteiger partial charge in [-0.25, -0.2) is 19.9 Å². The summed E-state index contributed by atoms with van der Waals surface area (Å²) in [7, 11) is 0. The number of ether oxygens (including phenoxy) is 1. The van der Waals surface area contributed by atoms with Crippen molar-refractivity contribution in [3.05, 3.63) is 58.5 Å². The second-order valence-corrected chi connectivity index (χ2v) is 12.7. The quantitative estimate of drug-likeness (QED) is 0.414. The SMILES string of the molecule is Cc1nc(-c2ncccn2)sc1C(=O)N1C[C@@H]2[C@H](C1)[C@@H]2Oc1cc(C(C)(C)N)cc(C2=CCC(C(F)(F)F)CC2)n1. The summed E-state index contributed by atoms with van der Waals surface area (Å²) >= 11 is 1.30. The van der Waals surface area contributed by atoms with E-state index >= 15 is 0 Å². The zero-order valence-corrected chi connectivity index (χ0v) is 23.8. The van der Waals surface area contributed by atoms with Gasteiger partial charge in [-0.1, -0.05) is 6.08 Å². The van der Waals surface area contributed by atoms with Crippen LogP contribution in [0.15, 0.2) is 36.7 Å². The number of piperidine rings is 1. The van der Waals surface area contributed by atoms with Crippen LogP contribution in [-0.4, -0.2) is 56.1 Å². The first-order valence-electron chi connectivity index (χ1n) is 13.7. The van der Waals surface area contributed by atoms with E-state index in [1.54, 1.807) is 24.5 Å². The molecule has 1 saturated heterocycles. The number of carbonyl (C=O) groups is 1. The van der Waals surface area contributed by atoms with E-state index < -0.39 is 17.6 Å². The molecule has 2 aliphatic carbocycles. The number of alkyl halides is 3. The molecule has 6 rings (SSSR count). The van der Waals surface area contributed by atoms with Gasteiger partial charge in [0.05, 0.1) is 17.3 Å². The van der Waals surface area contributed by atoms with Gasteiger partial charge in [-0.05, 0) is 63.3 Å². The Bertz CT molecular complexity index is 1490. The monoisotopic (exact) mass is 584 g/mol. The Labute approximate surface area is 239 Å². The Kier molecular flexibility index (Phi) is 6.88. The fourth-order valence-corrected chi connectivity index (χ4v) is 6.64. The summed E-state index contributed by atoms with van der Waals surface area (Å²) < 4.78 is 45.8. The van der Waals surface area contributed by atoms with Crippen LogP contribution in [0, 0.1) is 24.7 Å². The molecule has 2 fully saturated rings. The summed E-state index contributed by atoms with van der Waals surface area (Å²) in [4.78, 5) is 33.4. The molecule has 3 aromatic rings. The molecule has 41 heavy (non-hydrogen) atoms. The van der Waals surface area contributed by atoms with Crippen LogP contribution in [0.3, 0.4) is 0 Å². The number of nitrogens with zero attached hydrogens (tertiary/aromatic N) is 5. The molecule has 8 nitrogen and oxygen atoms in total. The highest BCUT2D eigenvalue weighted by atomic mass is 32.1. The second kappa shape index (κ2) is 10.2. The number of carbonyl (C=O) groups excluding carboxylic acids is 1. The summed E-state index contributed by atoms with van der Waals surface area (Å²) in [6.07, 6.45) is 0.946. The molecular formula is C29H31F3N6O2S. The number of nitrogens with two attached hydrogens (primary N) is 1. The molecule has 216 valence electrons. The Morgan fingerprint density at radius 1 is 1.12 bits per heavy atom. The first kappa shape index (κ1) is 27.8. The number of aromatic nitrogens is 4. The minimum Gasteiger partial charge on any atom is -0.474 e. The van der Waals surface area contributed by atoms with Crippen LogP contribution < -0.4 is 10.5 Å². The molecule has 0 aromatic carbocycles. The summed E-state index contributed by atoms with van der Waals surface area (Å²) in [5, 5.41) is 0.614. The van der Waals surface area contributed by atoms with E-state index in [-0.39, 0.29) is 36.7 Å². The van der Waals surface area contributed by atoms with Crippen LogP contribution >= 0.6 is 11.3 Å². The molecule has 0 bridgehead atoms. The van der Waals surface area contributed by atoms with E-state index in [1.807, 2.05) is 37.8 Å². The van der Waals surface area contributed by atoms with Crippen molar-refractivity contribution >= 4 is 22.8 Å². The molecule has 1 saturated carbocycles. The Morgan fingerprint density at radius 3 is 2.44 bits per heavy atom. The van der Waals surface area contributed by atoms with E-state index in [9.17, 15) is 18.0 Å². The third-order valence-corrected chi connectivity index (χ3v) is 9.30. The number of likely N-dealkylation sites (tertiary alicyclic amines) is 1. The third kappa shape index (κ3) is 5.59. The Hall–Kier alpha value is -3.38. The van der Waals surface area contributed by atoms with Gasteiger partial charge in [0.2, 0.25) is 5.88 Å². The van der Waals surface area contributed by atoms with Crippen LogP contribution in [0.25, 0.3) is 16.4 Å². The van der Waals surface area contributed by atoms with Crippen LogP contribution in [0.5, 0.6) is 5.88 Å². The van der Waals surface area contributed by atoms with Gasteiger partial charge in [-0.15, -0.1) is 11.3 Å². The van der Waals surface area contributed by atoms with Gasteiger partial charge in [-0.2, -0.15) is 13.2 Å². The maximum Gasteiger partial charge on any atom is 0.392 e. The fraction of sp³-hybridized carbons (Fsp3) is 0.483. The minimum atomic E-state index is -4.19. The predicted octanol–water partition coefficient (Wildman–Crippen LogP) is 5.39. The van der Waals surface area contributed by atoms with Crippen molar-refractivity contribution in [1.82, 2.24) is 24.8 Å². The molecular weight excluding hydrogens is 553 g/mol. The molecule has 4 atom stereocenters. The first-order valence-corrected chi connectivity index (χ1v) is 14.5. The molecule has 2 N–H and O–H groups in total. The van der Waals surface area contributed by atoms with Crippen LogP contribution in [0.4, 0.5) is 13.2 Å². The van der Waals surface area contributed by atoms with Crippen molar-refractivity contribution in [2.24, 2.45) is 23.5 Å². The molecule has 4 heterocycles. The number of rotatable bonds is 6. The molecule has 0 radical (unpaired) electrons. The standard InChI is InChI=1S/C29H31F3N6O2S/c1-15-24(41-26(36-15)25-34-9-4-10-35-25)27(39)38-13-19-20(14-38)23(19)40-22-12-18(28(2,3)33)11-21(37-22)16-5-7-17(8-6-16)29(30,31)32/h4-5,9-12,17,19-20,23H,6-8,13-14,33H2,1-3H3/t17?,19-,20+,23-. The van der Waals surface area contributed by atoms with Crippen molar-refractivity contribution in [1.29, 1.82) is 0 Å². The molecule has 1 aliphatic heterocycles. The van der Waals surface area contributed by atoms with E-state index in [0.717, 1.165) is 11.1 Å². The number of hydrogen-bond acceptors (Lipinski definition) is 8. The van der Waals surface area contributed by atoms with Crippen molar-refractivity contribution < 1.29 is 22.7 Å². The molecule has 1 unspecified atom stereocenters. The Balaban J connectivity index is 1.14. The summed E-state index contributed by atoms with van der Waals surface area (Å²) in [6, 6.07) is 5.40. The van der Waals surface area contributed by atoms with E-state index in [2.05, 4.69) is 19.9 Å². The van der Waals surface area contributed by atoms with E-state index in [1.165, 1.54) is 11.3 Å². The maximum atomic E-state index is 13.3. The normalized spacial score (nSPS) is 24.2. The first-order chi connectivity index (χ1) is 19.4. The average Bonchev–Trinajstić information content (AvgIpc) is 3.25. The van der Waals surface area contributed by atoms with Crippen LogP contribution in [-0.2, 0) is 5.54 Å². The highest BCUT2D eigenvalue weighted by Gasteiger charge is 2.59. The maximum absolute atomic E-state index is 13.3. The highest BCUT2D eigenvalue weighted by Crippen LogP contribution is 2.49. The van der Waals surface area contributed by atoms with Crippen LogP contribution in [0.2, 0.25) is 0 Å². The molecule has 1 amide bonds. The van der Waals surface area contributed by atoms with Gasteiger partial charge >= 0.3 is 6.18 Å². The lowest BCUT2D eigenvalue weighted by Crippen LogP contribution is -2.33. The zero-order chi connectivity index (χ0) is 29.1. The minimum absolute atomic E-state index is 0.0409. The summed E-state index contributed by atoms with van der Waals surface area (Å²) in [5.74, 6) is -0.0913. The van der Waals surface area contributed by atoms with Crippen molar-refractivity contribution in [2.45, 2.75) is 57.9 Å². The summed E-state index contributed by atoms with van der Waals surface area (Å²) in [5.41, 5.74) is 8.57. The summed E-state index contributed by atoms with van der Waals surface area (Å²) in [6.45, 7) is 6.70. The number of pyridine rings is 1. The van der Waals surface area contributed by atoms with Gasteiger partial charge in [0.25, 0.3) is 5.91 Å². The molecule has 3 aliphatic rings. The zero-order valence-electron chi connectivity index (χ0n) is 23.0. The van der Waals surface area contributed by atoms with Crippen molar-refractivity contribution in [2.75, 3.05) is 13.1 Å². The lowest BCUT2D eigenvalue weighted by Gasteiger charge is -2.26. The van der Waals surface area contributed by atoms with Gasteiger partial charge < -0.3 is 15.4 Å². The van der Waals surface area contributed by atoms with E-state index in [0.29, 0.717) is 52.5 Å². The third-order valence-electron chi connectivity index (χ3n) is 8.16. The number of hydrogen-bond donors (Lipinski definition) is 1. The lowest BCUT2D eigenvalue weighted by molar-refractivity contribution is -0.175. The number of thiazole rings is 1. The number of halogens is 3. The number of allylic oxidation sites excluding steroid dienone is 2.